The van der Waals surface area contributed by atoms with Gasteiger partial charge in [-0.15, -0.1) is 24.0 Å². The molecule has 0 radical (unpaired) electrons. The number of hydrogen-bond donors (Lipinski definition) is 3. The van der Waals surface area contributed by atoms with Gasteiger partial charge in [0, 0.05) is 19.1 Å². The molecule has 0 spiro atoms. The maximum Gasteiger partial charge on any atom is 0.416 e. The van der Waals surface area contributed by atoms with Crippen LogP contribution in [0, 0.1) is 0 Å². The summed E-state index contributed by atoms with van der Waals surface area (Å²) in [6.45, 7) is 6.23. The molecule has 5 nitrogen and oxygen atoms in total. The summed E-state index contributed by atoms with van der Waals surface area (Å²) >= 11 is 0. The van der Waals surface area contributed by atoms with Crippen LogP contribution in [0.25, 0.3) is 0 Å². The van der Waals surface area contributed by atoms with Gasteiger partial charge in [0.05, 0.1) is 12.1 Å². The quantitative estimate of drug-likeness (QED) is 0.341. The second-order valence-corrected chi connectivity index (χ2v) is 6.60. The van der Waals surface area contributed by atoms with E-state index in [0.29, 0.717) is 18.9 Å². The fourth-order valence-electron chi connectivity index (χ4n) is 2.03. The fourth-order valence-corrected chi connectivity index (χ4v) is 2.03. The monoisotopic (exact) mass is 486 g/mol. The lowest BCUT2D eigenvalue weighted by atomic mass is 10.1. The van der Waals surface area contributed by atoms with Crippen molar-refractivity contribution >= 4 is 35.8 Å². The minimum Gasteiger partial charge on any atom is -0.356 e. The van der Waals surface area contributed by atoms with Crippen molar-refractivity contribution in [1.29, 1.82) is 0 Å². The molecule has 0 aliphatic carbocycles. The Bertz CT molecular complexity index is 596. The number of halogens is 4. The molecule has 0 heterocycles. The van der Waals surface area contributed by atoms with Crippen molar-refractivity contribution in [1.82, 2.24) is 16.0 Å². The molecule has 1 aromatic rings. The van der Waals surface area contributed by atoms with E-state index in [1.807, 2.05) is 20.8 Å². The first-order valence-corrected chi connectivity index (χ1v) is 7.93. The van der Waals surface area contributed by atoms with Crippen LogP contribution in [0.15, 0.2) is 29.3 Å². The van der Waals surface area contributed by atoms with Gasteiger partial charge in [0.2, 0.25) is 5.91 Å². The van der Waals surface area contributed by atoms with E-state index in [0.717, 1.165) is 17.7 Å². The number of benzene rings is 1. The summed E-state index contributed by atoms with van der Waals surface area (Å²) in [7, 11) is 1.58. The molecule has 0 unspecified atom stereocenters. The predicted octanol–water partition coefficient (Wildman–Crippen LogP) is 2.95. The van der Waals surface area contributed by atoms with E-state index < -0.39 is 11.7 Å². The molecule has 0 saturated heterocycles. The molecule has 0 saturated carbocycles. The summed E-state index contributed by atoms with van der Waals surface area (Å²) in [5.74, 6) is 0.300. The van der Waals surface area contributed by atoms with E-state index in [1.165, 1.54) is 12.1 Å². The van der Waals surface area contributed by atoms with Gasteiger partial charge >= 0.3 is 6.18 Å². The SMILES string of the molecule is CN=C(NCCc1ccc(C(F)(F)F)cc1)NCC(=O)NC(C)(C)C.I. The van der Waals surface area contributed by atoms with E-state index in [9.17, 15) is 18.0 Å². The smallest absolute Gasteiger partial charge is 0.356 e. The lowest BCUT2D eigenvalue weighted by Crippen LogP contribution is -2.48. The minimum absolute atomic E-state index is 0. The second-order valence-electron chi connectivity index (χ2n) is 6.60. The highest BCUT2D eigenvalue weighted by Gasteiger charge is 2.29. The van der Waals surface area contributed by atoms with Crippen molar-refractivity contribution in [3.05, 3.63) is 35.4 Å². The topological polar surface area (TPSA) is 65.5 Å². The normalized spacial score (nSPS) is 12.2. The molecule has 0 fully saturated rings. The molecular weight excluding hydrogens is 460 g/mol. The number of carbonyl (C=O) groups is 1. The van der Waals surface area contributed by atoms with E-state index in [-0.39, 0.29) is 42.0 Å². The summed E-state index contributed by atoms with van der Waals surface area (Å²) in [4.78, 5) is 15.7. The molecule has 1 amide bonds. The van der Waals surface area contributed by atoms with Crippen molar-refractivity contribution in [2.24, 2.45) is 4.99 Å². The zero-order valence-corrected chi connectivity index (χ0v) is 17.7. The van der Waals surface area contributed by atoms with E-state index in [1.54, 1.807) is 7.05 Å². The maximum atomic E-state index is 12.5. The summed E-state index contributed by atoms with van der Waals surface area (Å²) < 4.78 is 37.5. The Morgan fingerprint density at radius 3 is 2.12 bits per heavy atom. The van der Waals surface area contributed by atoms with Crippen LogP contribution in [0.1, 0.15) is 31.9 Å². The van der Waals surface area contributed by atoms with Crippen molar-refractivity contribution in [3.63, 3.8) is 0 Å². The first-order valence-electron chi connectivity index (χ1n) is 7.93. The second kappa shape index (κ2) is 10.6. The molecule has 3 N–H and O–H groups in total. The predicted molar refractivity (Wildman–Crippen MR) is 108 cm³/mol. The van der Waals surface area contributed by atoms with Crippen molar-refractivity contribution in [2.75, 3.05) is 20.1 Å². The minimum atomic E-state index is -4.32. The van der Waals surface area contributed by atoms with E-state index in [2.05, 4.69) is 20.9 Å². The van der Waals surface area contributed by atoms with Gasteiger partial charge in [0.15, 0.2) is 5.96 Å². The maximum absolute atomic E-state index is 12.5. The van der Waals surface area contributed by atoms with Crippen LogP contribution in [-0.4, -0.2) is 37.5 Å². The van der Waals surface area contributed by atoms with Crippen molar-refractivity contribution in [3.8, 4) is 0 Å². The van der Waals surface area contributed by atoms with Gasteiger partial charge in [0.1, 0.15) is 0 Å². The molecule has 0 aliphatic rings. The summed E-state index contributed by atoms with van der Waals surface area (Å²) in [6, 6.07) is 5.05. The number of amides is 1. The highest BCUT2D eigenvalue weighted by Crippen LogP contribution is 2.29. The third-order valence-electron chi connectivity index (χ3n) is 3.14. The van der Waals surface area contributed by atoms with Crippen LogP contribution in [0.4, 0.5) is 13.2 Å². The molecule has 0 atom stereocenters. The fraction of sp³-hybridized carbons (Fsp3) is 0.529. The Kier molecular flexibility index (Phi) is 9.97. The van der Waals surface area contributed by atoms with Crippen LogP contribution in [0.5, 0.6) is 0 Å². The molecule has 0 aliphatic heterocycles. The van der Waals surface area contributed by atoms with Gasteiger partial charge in [-0.3, -0.25) is 9.79 Å². The standard InChI is InChI=1S/C17H25F3N4O.HI/c1-16(2,3)24-14(25)11-23-15(21-4)22-10-9-12-5-7-13(8-6-12)17(18,19)20;/h5-8H,9-11H2,1-4H3,(H,24,25)(H2,21,22,23);1H. The Labute approximate surface area is 169 Å². The van der Waals surface area contributed by atoms with Crippen LogP contribution in [-0.2, 0) is 17.4 Å². The Morgan fingerprint density at radius 2 is 1.65 bits per heavy atom. The van der Waals surface area contributed by atoms with E-state index >= 15 is 0 Å². The van der Waals surface area contributed by atoms with Crippen LogP contribution in [0.2, 0.25) is 0 Å². The zero-order valence-electron chi connectivity index (χ0n) is 15.3. The van der Waals surface area contributed by atoms with Gasteiger partial charge in [-0.1, -0.05) is 12.1 Å². The molecule has 1 aromatic carbocycles. The van der Waals surface area contributed by atoms with Crippen molar-refractivity contribution < 1.29 is 18.0 Å². The Morgan fingerprint density at radius 1 is 1.08 bits per heavy atom. The molecule has 148 valence electrons. The number of hydrogen-bond acceptors (Lipinski definition) is 2. The Hall–Kier alpha value is -1.52. The van der Waals surface area contributed by atoms with Crippen LogP contribution in [0.3, 0.4) is 0 Å². The van der Waals surface area contributed by atoms with Gasteiger partial charge in [0.25, 0.3) is 0 Å². The number of alkyl halides is 3. The summed E-state index contributed by atoms with van der Waals surface area (Å²) in [5.41, 5.74) is -0.189. The number of nitrogens with one attached hydrogen (secondary N) is 3. The lowest BCUT2D eigenvalue weighted by molar-refractivity contribution is -0.137. The highest BCUT2D eigenvalue weighted by molar-refractivity contribution is 14.0. The zero-order chi connectivity index (χ0) is 19.1. The van der Waals surface area contributed by atoms with Crippen LogP contribution < -0.4 is 16.0 Å². The molecule has 9 heteroatoms. The molecular formula is C17H26F3IN4O. The third-order valence-corrected chi connectivity index (χ3v) is 3.14. The van der Waals surface area contributed by atoms with Gasteiger partial charge in [-0.25, -0.2) is 0 Å². The van der Waals surface area contributed by atoms with Crippen molar-refractivity contribution in [2.45, 2.75) is 38.9 Å². The van der Waals surface area contributed by atoms with E-state index in [4.69, 9.17) is 0 Å². The van der Waals surface area contributed by atoms with Gasteiger partial charge in [-0.05, 0) is 44.9 Å². The highest BCUT2D eigenvalue weighted by atomic mass is 127. The number of nitrogens with zero attached hydrogens (tertiary/aromatic N) is 1. The van der Waals surface area contributed by atoms with Gasteiger partial charge < -0.3 is 16.0 Å². The molecule has 0 aromatic heterocycles. The number of rotatable bonds is 5. The average Bonchev–Trinajstić information content (AvgIpc) is 2.48. The number of carbonyl (C=O) groups excluding carboxylic acids is 1. The van der Waals surface area contributed by atoms with Crippen LogP contribution >= 0.6 is 24.0 Å². The third kappa shape index (κ3) is 9.83. The molecule has 0 bridgehead atoms. The summed E-state index contributed by atoms with van der Waals surface area (Å²) in [5, 5.41) is 8.72. The number of guanidine groups is 1. The van der Waals surface area contributed by atoms with Gasteiger partial charge in [-0.2, -0.15) is 13.2 Å². The summed E-state index contributed by atoms with van der Waals surface area (Å²) in [6.07, 6.45) is -3.79. The lowest BCUT2D eigenvalue weighted by Gasteiger charge is -2.21. The Balaban J connectivity index is 0.00000625. The molecule has 26 heavy (non-hydrogen) atoms. The first kappa shape index (κ1) is 24.5. The first-order chi connectivity index (χ1) is 11.5. The molecule has 1 rings (SSSR count). The largest absolute Gasteiger partial charge is 0.416 e. The average molecular weight is 486 g/mol. The number of aliphatic imine (C=N–C) groups is 1.